The molecule has 2 aliphatic carbocycles. The predicted octanol–water partition coefficient (Wildman–Crippen LogP) is 3.54. The Kier molecular flexibility index (Phi) is 5.17. The van der Waals surface area contributed by atoms with Gasteiger partial charge in [-0.15, -0.1) is 0 Å². The molecule has 20 heavy (non-hydrogen) atoms. The van der Waals surface area contributed by atoms with Gasteiger partial charge < -0.3 is 4.90 Å². The number of hydrogen-bond donors (Lipinski definition) is 0. The van der Waals surface area contributed by atoms with Crippen LogP contribution in [-0.2, 0) is 0 Å². The smallest absolute Gasteiger partial charge is 0.0122 e. The van der Waals surface area contributed by atoms with E-state index in [1.807, 2.05) is 0 Å². The van der Waals surface area contributed by atoms with Crippen LogP contribution >= 0.6 is 0 Å². The molecule has 0 unspecified atom stereocenters. The van der Waals surface area contributed by atoms with Gasteiger partial charge >= 0.3 is 0 Å². The first-order chi connectivity index (χ1) is 9.83. The molecule has 0 bridgehead atoms. The zero-order valence-electron chi connectivity index (χ0n) is 13.3. The second kappa shape index (κ2) is 7.09. The molecule has 0 N–H and O–H groups in total. The highest BCUT2D eigenvalue weighted by molar-refractivity contribution is 4.92. The van der Waals surface area contributed by atoms with Crippen molar-refractivity contribution in [1.82, 2.24) is 9.80 Å². The van der Waals surface area contributed by atoms with Crippen molar-refractivity contribution >= 4 is 0 Å². The molecular weight excluding hydrogens is 244 g/mol. The van der Waals surface area contributed by atoms with Crippen LogP contribution in [0.25, 0.3) is 0 Å². The lowest BCUT2D eigenvalue weighted by atomic mass is 9.84. The highest BCUT2D eigenvalue weighted by atomic mass is 15.3. The fourth-order valence-electron chi connectivity index (χ4n) is 4.50. The van der Waals surface area contributed by atoms with Crippen LogP contribution in [0.4, 0.5) is 0 Å². The maximum absolute atomic E-state index is 2.81. The third-order valence-electron chi connectivity index (χ3n) is 5.84. The van der Waals surface area contributed by atoms with Crippen LogP contribution in [0, 0.1) is 11.8 Å². The van der Waals surface area contributed by atoms with E-state index < -0.39 is 0 Å². The maximum Gasteiger partial charge on any atom is 0.0122 e. The Morgan fingerprint density at radius 2 is 1.75 bits per heavy atom. The Morgan fingerprint density at radius 1 is 0.950 bits per heavy atom. The lowest BCUT2D eigenvalue weighted by Crippen LogP contribution is -2.53. The molecule has 1 saturated heterocycles. The summed E-state index contributed by atoms with van der Waals surface area (Å²) in [5.41, 5.74) is 0. The van der Waals surface area contributed by atoms with Gasteiger partial charge in [0.1, 0.15) is 0 Å². The molecule has 0 aromatic heterocycles. The SMILES string of the molecule is C[C@@H]1CCCC[C@H]1N1CCN(C[C@@H]2CC=CCC2)CC1. The van der Waals surface area contributed by atoms with E-state index in [9.17, 15) is 0 Å². The average Bonchev–Trinajstić information content (AvgIpc) is 2.50. The molecule has 0 spiro atoms. The summed E-state index contributed by atoms with van der Waals surface area (Å²) in [6, 6.07) is 0.892. The van der Waals surface area contributed by atoms with Crippen LogP contribution in [0.2, 0.25) is 0 Å². The molecule has 2 fully saturated rings. The minimum absolute atomic E-state index is 0.892. The largest absolute Gasteiger partial charge is 0.301 e. The van der Waals surface area contributed by atoms with Gasteiger partial charge in [-0.1, -0.05) is 31.9 Å². The number of hydrogen-bond acceptors (Lipinski definition) is 2. The van der Waals surface area contributed by atoms with Crippen molar-refractivity contribution < 1.29 is 0 Å². The molecule has 0 amide bonds. The topological polar surface area (TPSA) is 6.48 Å². The summed E-state index contributed by atoms with van der Waals surface area (Å²) in [5, 5.41) is 0. The van der Waals surface area contributed by atoms with Gasteiger partial charge in [-0.05, 0) is 43.9 Å². The fraction of sp³-hybridized carbons (Fsp3) is 0.889. The number of rotatable bonds is 3. The monoisotopic (exact) mass is 276 g/mol. The van der Waals surface area contributed by atoms with Crippen LogP contribution in [0.3, 0.4) is 0 Å². The van der Waals surface area contributed by atoms with Crippen molar-refractivity contribution in [3.8, 4) is 0 Å². The summed E-state index contributed by atoms with van der Waals surface area (Å²) in [4.78, 5) is 5.54. The van der Waals surface area contributed by atoms with Gasteiger partial charge in [-0.3, -0.25) is 4.90 Å². The van der Waals surface area contributed by atoms with Crippen LogP contribution in [0.5, 0.6) is 0 Å². The molecular formula is C18H32N2. The standard InChI is InChI=1S/C18H32N2/c1-16-7-5-6-10-18(16)20-13-11-19(12-14-20)15-17-8-3-2-4-9-17/h2-3,16-18H,4-15H2,1H3/t16-,17-,18-/m1/s1. The van der Waals surface area contributed by atoms with Gasteiger partial charge in [-0.25, -0.2) is 0 Å². The summed E-state index contributed by atoms with van der Waals surface area (Å²) < 4.78 is 0. The lowest BCUT2D eigenvalue weighted by molar-refractivity contribution is 0.0481. The minimum atomic E-state index is 0.892. The Hall–Kier alpha value is -0.340. The maximum atomic E-state index is 2.81. The van der Waals surface area contributed by atoms with Crippen LogP contribution in [0.15, 0.2) is 12.2 Å². The molecule has 0 aromatic carbocycles. The molecule has 0 aromatic rings. The predicted molar refractivity (Wildman–Crippen MR) is 85.9 cm³/mol. The molecule has 3 aliphatic rings. The Morgan fingerprint density at radius 3 is 2.45 bits per heavy atom. The van der Waals surface area contributed by atoms with E-state index in [1.54, 1.807) is 0 Å². The first-order valence-electron chi connectivity index (χ1n) is 8.94. The third kappa shape index (κ3) is 3.65. The van der Waals surface area contributed by atoms with E-state index in [0.29, 0.717) is 0 Å². The van der Waals surface area contributed by atoms with Crippen molar-refractivity contribution in [3.05, 3.63) is 12.2 Å². The van der Waals surface area contributed by atoms with E-state index in [1.165, 1.54) is 77.7 Å². The Bertz CT molecular complexity index is 317. The molecule has 1 saturated carbocycles. The van der Waals surface area contributed by atoms with E-state index in [2.05, 4.69) is 28.9 Å². The summed E-state index contributed by atoms with van der Waals surface area (Å²) >= 11 is 0. The number of nitrogens with zero attached hydrogens (tertiary/aromatic N) is 2. The molecule has 3 rings (SSSR count). The molecule has 2 nitrogen and oxygen atoms in total. The van der Waals surface area contributed by atoms with E-state index >= 15 is 0 Å². The Balaban J connectivity index is 1.43. The second-order valence-corrected chi connectivity index (χ2v) is 7.32. The van der Waals surface area contributed by atoms with Gasteiger partial charge in [0.05, 0.1) is 0 Å². The van der Waals surface area contributed by atoms with Gasteiger partial charge in [0.25, 0.3) is 0 Å². The van der Waals surface area contributed by atoms with Crippen LogP contribution in [-0.4, -0.2) is 48.6 Å². The quantitative estimate of drug-likeness (QED) is 0.728. The third-order valence-corrected chi connectivity index (χ3v) is 5.84. The fourth-order valence-corrected chi connectivity index (χ4v) is 4.50. The Labute approximate surface area is 125 Å². The zero-order chi connectivity index (χ0) is 13.8. The van der Waals surface area contributed by atoms with Gasteiger partial charge in [-0.2, -0.15) is 0 Å². The van der Waals surface area contributed by atoms with Crippen molar-refractivity contribution in [2.24, 2.45) is 11.8 Å². The number of piperazine rings is 1. The van der Waals surface area contributed by atoms with E-state index in [0.717, 1.165) is 17.9 Å². The molecule has 1 heterocycles. The molecule has 0 radical (unpaired) electrons. The number of allylic oxidation sites excluding steroid dienone is 2. The van der Waals surface area contributed by atoms with Crippen molar-refractivity contribution in [2.75, 3.05) is 32.7 Å². The van der Waals surface area contributed by atoms with E-state index in [-0.39, 0.29) is 0 Å². The average molecular weight is 276 g/mol. The van der Waals surface area contributed by atoms with Crippen molar-refractivity contribution in [1.29, 1.82) is 0 Å². The molecule has 3 atom stereocenters. The summed E-state index contributed by atoms with van der Waals surface area (Å²) in [7, 11) is 0. The van der Waals surface area contributed by atoms with Crippen LogP contribution in [0.1, 0.15) is 51.9 Å². The van der Waals surface area contributed by atoms with Crippen molar-refractivity contribution in [3.63, 3.8) is 0 Å². The molecule has 2 heteroatoms. The lowest BCUT2D eigenvalue weighted by Gasteiger charge is -2.44. The second-order valence-electron chi connectivity index (χ2n) is 7.32. The van der Waals surface area contributed by atoms with Gasteiger partial charge in [0.2, 0.25) is 0 Å². The highest BCUT2D eigenvalue weighted by Crippen LogP contribution is 2.29. The van der Waals surface area contributed by atoms with Gasteiger partial charge in [0.15, 0.2) is 0 Å². The summed E-state index contributed by atoms with van der Waals surface area (Å²) in [6.45, 7) is 9.07. The summed E-state index contributed by atoms with van der Waals surface area (Å²) in [6.07, 6.45) is 14.6. The van der Waals surface area contributed by atoms with Gasteiger partial charge in [0, 0.05) is 38.8 Å². The summed E-state index contributed by atoms with van der Waals surface area (Å²) in [5.74, 6) is 1.86. The first kappa shape index (κ1) is 14.6. The minimum Gasteiger partial charge on any atom is -0.301 e. The highest BCUT2D eigenvalue weighted by Gasteiger charge is 2.29. The van der Waals surface area contributed by atoms with Crippen molar-refractivity contribution in [2.45, 2.75) is 57.9 Å². The van der Waals surface area contributed by atoms with Crippen LogP contribution < -0.4 is 0 Å². The molecule has 1 aliphatic heterocycles. The molecule has 114 valence electrons. The normalized spacial score (nSPS) is 37.1. The zero-order valence-corrected chi connectivity index (χ0v) is 13.3. The first-order valence-corrected chi connectivity index (χ1v) is 8.94. The van der Waals surface area contributed by atoms with E-state index in [4.69, 9.17) is 0 Å².